The smallest absolute Gasteiger partial charge is 0.251 e. The normalized spacial score (nSPS) is 18.7. The molecule has 2 heterocycles. The highest BCUT2D eigenvalue weighted by Crippen LogP contribution is 2.25. The number of ether oxygens (including phenoxy) is 3. The number of likely N-dealkylation sites (tertiary alicyclic amines) is 1. The van der Waals surface area contributed by atoms with E-state index in [0.29, 0.717) is 44.4 Å². The highest BCUT2D eigenvalue weighted by Gasteiger charge is 2.31. The van der Waals surface area contributed by atoms with E-state index in [1.165, 1.54) is 0 Å². The third-order valence-corrected chi connectivity index (χ3v) is 4.75. The largest absolute Gasteiger partial charge is 0.494 e. The zero-order chi connectivity index (χ0) is 18.4. The highest BCUT2D eigenvalue weighted by atomic mass is 16.7. The predicted molar refractivity (Wildman–Crippen MR) is 94.9 cm³/mol. The average Bonchev–Trinajstić information content (AvgIpc) is 3.21. The summed E-state index contributed by atoms with van der Waals surface area (Å²) in [7, 11) is 0. The molecule has 2 aliphatic rings. The van der Waals surface area contributed by atoms with Crippen molar-refractivity contribution in [2.24, 2.45) is 5.92 Å². The fourth-order valence-corrected chi connectivity index (χ4v) is 3.31. The van der Waals surface area contributed by atoms with Crippen LogP contribution < -0.4 is 10.1 Å². The fraction of sp³-hybridized carbons (Fsp3) is 0.579. The van der Waals surface area contributed by atoms with Crippen molar-refractivity contribution in [3.8, 4) is 5.75 Å². The second-order valence-electron chi connectivity index (χ2n) is 6.47. The van der Waals surface area contributed by atoms with Gasteiger partial charge in [-0.15, -0.1) is 0 Å². The second kappa shape index (κ2) is 9.00. The molecule has 26 heavy (non-hydrogen) atoms. The standard InChI is InChI=1S/C19H26N2O5/c1-2-24-16-5-3-14(4-6-16)18(23)20-13-17(22)21-9-7-15(8-10-21)19-25-11-12-26-19/h3-6,15,19H,2,7-13H2,1H3,(H,20,23). The maximum Gasteiger partial charge on any atom is 0.251 e. The van der Waals surface area contributed by atoms with Crippen LogP contribution in [-0.2, 0) is 14.3 Å². The minimum Gasteiger partial charge on any atom is -0.494 e. The Balaban J connectivity index is 1.41. The average molecular weight is 362 g/mol. The Kier molecular flexibility index (Phi) is 6.46. The number of piperidine rings is 1. The number of carbonyl (C=O) groups is 2. The molecule has 0 aliphatic carbocycles. The van der Waals surface area contributed by atoms with Crippen molar-refractivity contribution in [1.82, 2.24) is 10.2 Å². The number of nitrogens with one attached hydrogen (secondary N) is 1. The van der Waals surface area contributed by atoms with E-state index in [1.54, 1.807) is 29.2 Å². The topological polar surface area (TPSA) is 77.1 Å². The van der Waals surface area contributed by atoms with E-state index in [9.17, 15) is 9.59 Å². The van der Waals surface area contributed by atoms with Crippen molar-refractivity contribution in [2.75, 3.05) is 39.5 Å². The first-order valence-corrected chi connectivity index (χ1v) is 9.19. The quantitative estimate of drug-likeness (QED) is 0.828. The minimum atomic E-state index is -0.260. The molecular formula is C19H26N2O5. The first-order chi connectivity index (χ1) is 12.7. The lowest BCUT2D eigenvalue weighted by Gasteiger charge is -2.33. The van der Waals surface area contributed by atoms with Gasteiger partial charge < -0.3 is 24.4 Å². The maximum atomic E-state index is 12.3. The van der Waals surface area contributed by atoms with Crippen LogP contribution in [0.2, 0.25) is 0 Å². The molecule has 0 spiro atoms. The van der Waals surface area contributed by atoms with Gasteiger partial charge in [-0.3, -0.25) is 9.59 Å². The van der Waals surface area contributed by atoms with E-state index in [1.807, 2.05) is 6.92 Å². The molecule has 142 valence electrons. The van der Waals surface area contributed by atoms with Crippen molar-refractivity contribution < 1.29 is 23.8 Å². The second-order valence-corrected chi connectivity index (χ2v) is 6.47. The Bertz CT molecular complexity index is 605. The number of benzene rings is 1. The molecule has 2 fully saturated rings. The van der Waals surface area contributed by atoms with E-state index in [4.69, 9.17) is 14.2 Å². The summed E-state index contributed by atoms with van der Waals surface area (Å²) in [5.41, 5.74) is 0.510. The van der Waals surface area contributed by atoms with Crippen molar-refractivity contribution >= 4 is 11.8 Å². The molecule has 3 rings (SSSR count). The lowest BCUT2D eigenvalue weighted by atomic mass is 9.96. The third-order valence-electron chi connectivity index (χ3n) is 4.75. The Morgan fingerprint density at radius 1 is 1.15 bits per heavy atom. The number of hydrogen-bond acceptors (Lipinski definition) is 5. The van der Waals surface area contributed by atoms with Crippen LogP contribution in [0.1, 0.15) is 30.1 Å². The molecular weight excluding hydrogens is 336 g/mol. The van der Waals surface area contributed by atoms with Gasteiger partial charge in [-0.2, -0.15) is 0 Å². The SMILES string of the molecule is CCOc1ccc(C(=O)NCC(=O)N2CCC(C3OCCO3)CC2)cc1. The van der Waals surface area contributed by atoms with Crippen molar-refractivity contribution in [2.45, 2.75) is 26.1 Å². The first kappa shape index (κ1) is 18.7. The number of amides is 2. The Labute approximate surface area is 153 Å². The third kappa shape index (κ3) is 4.74. The molecule has 1 aromatic carbocycles. The van der Waals surface area contributed by atoms with Gasteiger partial charge >= 0.3 is 0 Å². The minimum absolute atomic E-state index is 0.00708. The molecule has 0 unspecified atom stereocenters. The van der Waals surface area contributed by atoms with Gasteiger partial charge in [0.15, 0.2) is 6.29 Å². The monoisotopic (exact) mass is 362 g/mol. The van der Waals surface area contributed by atoms with Crippen LogP contribution in [0.4, 0.5) is 0 Å². The van der Waals surface area contributed by atoms with Crippen molar-refractivity contribution in [3.05, 3.63) is 29.8 Å². The summed E-state index contributed by atoms with van der Waals surface area (Å²) < 4.78 is 16.4. The highest BCUT2D eigenvalue weighted by molar-refractivity contribution is 5.96. The summed E-state index contributed by atoms with van der Waals surface area (Å²) in [5.74, 6) is 0.748. The van der Waals surface area contributed by atoms with Crippen molar-refractivity contribution in [1.29, 1.82) is 0 Å². The van der Waals surface area contributed by atoms with Crippen LogP contribution in [0, 0.1) is 5.92 Å². The van der Waals surface area contributed by atoms with E-state index in [0.717, 1.165) is 18.6 Å². The van der Waals surface area contributed by atoms with Gasteiger partial charge in [0.25, 0.3) is 5.91 Å². The molecule has 2 saturated heterocycles. The van der Waals surface area contributed by atoms with Crippen LogP contribution in [0.15, 0.2) is 24.3 Å². The first-order valence-electron chi connectivity index (χ1n) is 9.19. The van der Waals surface area contributed by atoms with Gasteiger partial charge in [-0.1, -0.05) is 0 Å². The molecule has 0 saturated carbocycles. The summed E-state index contributed by atoms with van der Waals surface area (Å²) in [4.78, 5) is 26.3. The van der Waals surface area contributed by atoms with E-state index in [-0.39, 0.29) is 24.6 Å². The van der Waals surface area contributed by atoms with Crippen LogP contribution in [0.5, 0.6) is 5.75 Å². The predicted octanol–water partition coefficient (Wildman–Crippen LogP) is 1.43. The van der Waals surface area contributed by atoms with Crippen LogP contribution >= 0.6 is 0 Å². The van der Waals surface area contributed by atoms with Crippen LogP contribution in [0.3, 0.4) is 0 Å². The number of rotatable bonds is 6. The van der Waals surface area contributed by atoms with Gasteiger partial charge in [-0.25, -0.2) is 0 Å². The maximum absolute atomic E-state index is 12.3. The molecule has 1 N–H and O–H groups in total. The lowest BCUT2D eigenvalue weighted by Crippen LogP contribution is -2.45. The zero-order valence-corrected chi connectivity index (χ0v) is 15.1. The summed E-state index contributed by atoms with van der Waals surface area (Å²) in [6.45, 7) is 5.14. The van der Waals surface area contributed by atoms with Crippen molar-refractivity contribution in [3.63, 3.8) is 0 Å². The molecule has 0 aromatic heterocycles. The zero-order valence-electron chi connectivity index (χ0n) is 15.1. The Hall–Kier alpha value is -2.12. The van der Waals surface area contributed by atoms with Gasteiger partial charge in [0.05, 0.1) is 26.4 Å². The molecule has 1 aromatic rings. The number of carbonyl (C=O) groups excluding carboxylic acids is 2. The Morgan fingerprint density at radius 2 is 1.81 bits per heavy atom. The molecule has 2 aliphatic heterocycles. The molecule has 0 bridgehead atoms. The molecule has 7 nitrogen and oxygen atoms in total. The van der Waals surface area contributed by atoms with E-state index >= 15 is 0 Å². The van der Waals surface area contributed by atoms with Crippen LogP contribution in [-0.4, -0.2) is 62.5 Å². The van der Waals surface area contributed by atoms with Gasteiger partial charge in [0, 0.05) is 24.6 Å². The summed E-state index contributed by atoms with van der Waals surface area (Å²) >= 11 is 0. The lowest BCUT2D eigenvalue weighted by molar-refractivity contribution is -0.135. The van der Waals surface area contributed by atoms with E-state index in [2.05, 4.69) is 5.32 Å². The Morgan fingerprint density at radius 3 is 2.42 bits per heavy atom. The van der Waals surface area contributed by atoms with Gasteiger partial charge in [0.2, 0.25) is 5.91 Å². The number of hydrogen-bond donors (Lipinski definition) is 1. The van der Waals surface area contributed by atoms with Gasteiger partial charge in [0.1, 0.15) is 5.75 Å². The number of nitrogens with zero attached hydrogens (tertiary/aromatic N) is 1. The molecule has 2 amide bonds. The molecule has 7 heteroatoms. The van der Waals surface area contributed by atoms with Gasteiger partial charge in [-0.05, 0) is 44.0 Å². The van der Waals surface area contributed by atoms with Crippen LogP contribution in [0.25, 0.3) is 0 Å². The fourth-order valence-electron chi connectivity index (χ4n) is 3.31. The summed E-state index contributed by atoms with van der Waals surface area (Å²) in [5, 5.41) is 2.69. The van der Waals surface area contributed by atoms with E-state index < -0.39 is 0 Å². The molecule has 0 radical (unpaired) electrons. The summed E-state index contributed by atoms with van der Waals surface area (Å²) in [6.07, 6.45) is 1.61. The summed E-state index contributed by atoms with van der Waals surface area (Å²) in [6, 6.07) is 6.88. The molecule has 0 atom stereocenters.